The van der Waals surface area contributed by atoms with E-state index in [0.717, 1.165) is 70.6 Å². The summed E-state index contributed by atoms with van der Waals surface area (Å²) in [6, 6.07) is 0. The number of unbranched alkanes of at least 4 members (excludes halogenated alkanes) is 45. The van der Waals surface area contributed by atoms with E-state index >= 15 is 0 Å². The van der Waals surface area contributed by atoms with E-state index in [2.05, 4.69) is 57.2 Å². The average Bonchev–Trinajstić information content (AvgIpc) is 3.41. The van der Waals surface area contributed by atoms with E-state index in [9.17, 15) is 14.4 Å². The number of ether oxygens (including phenoxy) is 3. The fourth-order valence-corrected chi connectivity index (χ4v) is 10.1. The zero-order valence-electron chi connectivity index (χ0n) is 50.6. The van der Waals surface area contributed by atoms with Crippen molar-refractivity contribution in [2.75, 3.05) is 13.2 Å². The Hall–Kier alpha value is -2.37. The van der Waals surface area contributed by atoms with Crippen molar-refractivity contribution in [2.45, 2.75) is 374 Å². The van der Waals surface area contributed by atoms with E-state index in [-0.39, 0.29) is 31.1 Å². The summed E-state index contributed by atoms with van der Waals surface area (Å²) in [7, 11) is 0. The van der Waals surface area contributed by atoms with Gasteiger partial charge in [0.2, 0.25) is 0 Å². The number of allylic oxidation sites excluding steroid dienone is 6. The van der Waals surface area contributed by atoms with Crippen LogP contribution in [0.1, 0.15) is 367 Å². The first-order chi connectivity index (χ1) is 37.0. The minimum atomic E-state index is -0.774. The molecule has 0 radical (unpaired) electrons. The Bertz CT molecular complexity index is 1250. The Kier molecular flexibility index (Phi) is 62.1. The molecule has 0 heterocycles. The second-order valence-electron chi connectivity index (χ2n) is 22.7. The van der Waals surface area contributed by atoms with Crippen LogP contribution in [0.25, 0.3) is 0 Å². The molecule has 0 aliphatic rings. The third-order valence-corrected chi connectivity index (χ3v) is 15.1. The first kappa shape index (κ1) is 72.6. The molecule has 0 aromatic carbocycles. The standard InChI is InChI=1S/C69H128O6/c1-4-7-10-13-16-19-22-25-28-29-30-31-32-33-34-35-36-37-38-39-42-44-47-50-53-56-59-62-68(71)74-65-66(75-69(72)63-60-57-54-51-48-45-41-27-24-21-18-15-12-9-6-3)64-73-67(70)61-58-55-52-49-46-43-40-26-23-20-17-14-11-8-5-2/h22,25,27,29-30,41,66H,4-21,23-24,26,28,31-40,42-65H2,1-3H3/b25-22-,30-29-,41-27-. The monoisotopic (exact) mass is 1050 g/mol. The van der Waals surface area contributed by atoms with Crippen molar-refractivity contribution in [2.24, 2.45) is 0 Å². The maximum Gasteiger partial charge on any atom is 0.306 e. The highest BCUT2D eigenvalue weighted by Gasteiger charge is 2.19. The van der Waals surface area contributed by atoms with Gasteiger partial charge >= 0.3 is 17.9 Å². The fraction of sp³-hybridized carbons (Fsp3) is 0.870. The number of rotatable bonds is 62. The lowest BCUT2D eigenvalue weighted by Crippen LogP contribution is -2.30. The van der Waals surface area contributed by atoms with Crippen molar-refractivity contribution in [1.29, 1.82) is 0 Å². The van der Waals surface area contributed by atoms with Crippen molar-refractivity contribution in [3.8, 4) is 0 Å². The van der Waals surface area contributed by atoms with Crippen LogP contribution in [0.15, 0.2) is 36.5 Å². The maximum atomic E-state index is 12.9. The molecular weight excluding hydrogens is 925 g/mol. The van der Waals surface area contributed by atoms with Gasteiger partial charge < -0.3 is 14.2 Å². The van der Waals surface area contributed by atoms with E-state index < -0.39 is 6.10 Å². The van der Waals surface area contributed by atoms with E-state index in [1.165, 1.54) is 257 Å². The van der Waals surface area contributed by atoms with E-state index in [4.69, 9.17) is 14.2 Å². The van der Waals surface area contributed by atoms with Gasteiger partial charge in [0.05, 0.1) is 0 Å². The molecule has 0 spiro atoms. The smallest absolute Gasteiger partial charge is 0.306 e. The Morgan fingerprint density at radius 1 is 0.267 bits per heavy atom. The largest absolute Gasteiger partial charge is 0.462 e. The lowest BCUT2D eigenvalue weighted by molar-refractivity contribution is -0.167. The van der Waals surface area contributed by atoms with Crippen molar-refractivity contribution >= 4 is 17.9 Å². The normalized spacial score (nSPS) is 12.2. The highest BCUT2D eigenvalue weighted by Crippen LogP contribution is 2.18. The summed E-state index contributed by atoms with van der Waals surface area (Å²) in [6.45, 7) is 6.68. The summed E-state index contributed by atoms with van der Waals surface area (Å²) in [6.07, 6.45) is 78.7. The van der Waals surface area contributed by atoms with Gasteiger partial charge in [0.15, 0.2) is 6.10 Å². The van der Waals surface area contributed by atoms with Gasteiger partial charge in [-0.25, -0.2) is 0 Å². The molecule has 0 aromatic heterocycles. The Morgan fingerprint density at radius 2 is 0.480 bits per heavy atom. The van der Waals surface area contributed by atoms with Gasteiger partial charge in [-0.3, -0.25) is 14.4 Å². The second kappa shape index (κ2) is 64.2. The molecule has 0 bridgehead atoms. The molecular formula is C69H128O6. The number of hydrogen-bond donors (Lipinski definition) is 0. The summed E-state index contributed by atoms with van der Waals surface area (Å²) >= 11 is 0. The Labute approximate surface area is 467 Å². The van der Waals surface area contributed by atoms with E-state index in [1.54, 1.807) is 0 Å². The zero-order chi connectivity index (χ0) is 54.3. The van der Waals surface area contributed by atoms with Gasteiger partial charge in [-0.15, -0.1) is 0 Å². The van der Waals surface area contributed by atoms with Crippen molar-refractivity contribution in [3.63, 3.8) is 0 Å². The third-order valence-electron chi connectivity index (χ3n) is 15.1. The van der Waals surface area contributed by atoms with E-state index in [1.807, 2.05) is 0 Å². The second-order valence-corrected chi connectivity index (χ2v) is 22.7. The number of esters is 3. The Balaban J connectivity index is 4.22. The average molecular weight is 1050 g/mol. The SMILES string of the molecule is CCCCCCC/C=C\C/C=C\CCCCCCCCCCCCCCCCCC(=O)OCC(COC(=O)CCCCCCCCCCCCCCCCC)OC(=O)CCCCCCC/C=C\CCCCCCCC. The number of hydrogen-bond acceptors (Lipinski definition) is 6. The van der Waals surface area contributed by atoms with Crippen LogP contribution in [0.3, 0.4) is 0 Å². The summed E-state index contributed by atoms with van der Waals surface area (Å²) in [5.74, 6) is -0.853. The molecule has 0 aliphatic heterocycles. The minimum Gasteiger partial charge on any atom is -0.462 e. The van der Waals surface area contributed by atoms with Crippen LogP contribution in [0, 0.1) is 0 Å². The van der Waals surface area contributed by atoms with Gasteiger partial charge in [0.1, 0.15) is 13.2 Å². The topological polar surface area (TPSA) is 78.9 Å². The molecule has 0 fully saturated rings. The summed E-state index contributed by atoms with van der Waals surface area (Å²) in [4.78, 5) is 38.3. The van der Waals surface area contributed by atoms with Crippen LogP contribution < -0.4 is 0 Å². The van der Waals surface area contributed by atoms with Gasteiger partial charge in [-0.1, -0.05) is 308 Å². The number of carbonyl (C=O) groups excluding carboxylic acids is 3. The molecule has 75 heavy (non-hydrogen) atoms. The number of carbonyl (C=O) groups is 3. The molecule has 0 saturated heterocycles. The zero-order valence-corrected chi connectivity index (χ0v) is 50.6. The Morgan fingerprint density at radius 3 is 0.747 bits per heavy atom. The lowest BCUT2D eigenvalue weighted by atomic mass is 10.0. The van der Waals surface area contributed by atoms with Crippen LogP contribution in [-0.2, 0) is 28.6 Å². The summed E-state index contributed by atoms with van der Waals surface area (Å²) in [5.41, 5.74) is 0. The first-order valence-electron chi connectivity index (χ1n) is 33.5. The van der Waals surface area contributed by atoms with Crippen LogP contribution >= 0.6 is 0 Å². The van der Waals surface area contributed by atoms with Gasteiger partial charge in [0.25, 0.3) is 0 Å². The first-order valence-corrected chi connectivity index (χ1v) is 33.5. The van der Waals surface area contributed by atoms with E-state index in [0.29, 0.717) is 19.3 Å². The maximum absolute atomic E-state index is 12.9. The molecule has 6 nitrogen and oxygen atoms in total. The molecule has 440 valence electrons. The molecule has 0 aliphatic carbocycles. The molecule has 1 atom stereocenters. The molecule has 1 unspecified atom stereocenters. The molecule has 0 N–H and O–H groups in total. The third kappa shape index (κ3) is 62.4. The summed E-state index contributed by atoms with van der Waals surface area (Å²) in [5, 5.41) is 0. The fourth-order valence-electron chi connectivity index (χ4n) is 10.1. The van der Waals surface area contributed by atoms with Crippen molar-refractivity contribution < 1.29 is 28.6 Å². The van der Waals surface area contributed by atoms with Crippen molar-refractivity contribution in [3.05, 3.63) is 36.5 Å². The molecule has 0 aromatic rings. The van der Waals surface area contributed by atoms with Crippen LogP contribution in [0.4, 0.5) is 0 Å². The quantitative estimate of drug-likeness (QED) is 0.0261. The molecule has 6 heteroatoms. The van der Waals surface area contributed by atoms with Crippen LogP contribution in [-0.4, -0.2) is 37.2 Å². The highest BCUT2D eigenvalue weighted by molar-refractivity contribution is 5.71. The molecule has 0 rings (SSSR count). The molecule has 0 saturated carbocycles. The van der Waals surface area contributed by atoms with Gasteiger partial charge in [-0.2, -0.15) is 0 Å². The molecule has 0 amide bonds. The van der Waals surface area contributed by atoms with Crippen LogP contribution in [0.2, 0.25) is 0 Å². The summed E-state index contributed by atoms with van der Waals surface area (Å²) < 4.78 is 17.0. The lowest BCUT2D eigenvalue weighted by Gasteiger charge is -2.18. The highest BCUT2D eigenvalue weighted by atomic mass is 16.6. The minimum absolute atomic E-state index is 0.0702. The predicted octanol–water partition coefficient (Wildman–Crippen LogP) is 22.8. The van der Waals surface area contributed by atoms with Gasteiger partial charge in [-0.05, 0) is 77.0 Å². The predicted molar refractivity (Wildman–Crippen MR) is 326 cm³/mol. The van der Waals surface area contributed by atoms with Crippen molar-refractivity contribution in [1.82, 2.24) is 0 Å². The van der Waals surface area contributed by atoms with Gasteiger partial charge in [0, 0.05) is 19.3 Å². The van der Waals surface area contributed by atoms with Crippen LogP contribution in [0.5, 0.6) is 0 Å².